The first-order chi connectivity index (χ1) is 11.1. The van der Waals surface area contributed by atoms with E-state index in [0.29, 0.717) is 18.6 Å². The summed E-state index contributed by atoms with van der Waals surface area (Å²) in [6.07, 6.45) is 3.39. The van der Waals surface area contributed by atoms with Gasteiger partial charge in [0.1, 0.15) is 0 Å². The number of amides is 1. The van der Waals surface area contributed by atoms with Crippen molar-refractivity contribution >= 4 is 14.2 Å². The number of hydrogen-bond donors (Lipinski definition) is 0. The van der Waals surface area contributed by atoms with Gasteiger partial charge in [-0.25, -0.2) is 4.79 Å². The van der Waals surface area contributed by atoms with Crippen molar-refractivity contribution in [1.29, 1.82) is 0 Å². The zero-order valence-corrected chi connectivity index (χ0v) is 17.3. The minimum atomic E-state index is -1.68. The van der Waals surface area contributed by atoms with E-state index in [1.54, 1.807) is 11.2 Å². The fourth-order valence-electron chi connectivity index (χ4n) is 2.63. The molecule has 134 valence electrons. The molecule has 0 radical (unpaired) electrons. The molecule has 1 aromatic rings. The van der Waals surface area contributed by atoms with Crippen LogP contribution in [0.1, 0.15) is 45.7 Å². The number of carbonyl (C=O) groups excluding carboxylic acids is 1. The minimum Gasteiger partial charge on any atom is -0.418 e. The van der Waals surface area contributed by atoms with Gasteiger partial charge in [0.15, 0.2) is 0 Å². The van der Waals surface area contributed by atoms with E-state index < -0.39 is 8.07 Å². The predicted octanol–water partition coefficient (Wildman–Crippen LogP) is 5.81. The van der Waals surface area contributed by atoms with Crippen LogP contribution in [0.5, 0.6) is 0 Å². The van der Waals surface area contributed by atoms with Crippen LogP contribution in [0.25, 0.3) is 0 Å². The summed E-state index contributed by atoms with van der Waals surface area (Å²) in [6, 6.07) is 10.5. The molecular weight excluding hydrogens is 314 g/mol. The smallest absolute Gasteiger partial charge is 0.414 e. The Bertz CT molecular complexity index is 543. The highest BCUT2D eigenvalue weighted by Gasteiger charge is 2.41. The van der Waals surface area contributed by atoms with E-state index >= 15 is 0 Å². The largest absolute Gasteiger partial charge is 0.418 e. The van der Waals surface area contributed by atoms with Crippen LogP contribution in [0.4, 0.5) is 4.79 Å². The van der Waals surface area contributed by atoms with Crippen molar-refractivity contribution in [3.63, 3.8) is 0 Å². The number of carbonyl (C=O) groups is 1. The molecule has 0 aliphatic carbocycles. The lowest BCUT2D eigenvalue weighted by Crippen LogP contribution is -2.43. The summed E-state index contributed by atoms with van der Waals surface area (Å²) in [6.45, 7) is 17.0. The van der Waals surface area contributed by atoms with E-state index in [1.807, 2.05) is 19.9 Å². The average molecular weight is 348 g/mol. The fraction of sp³-hybridized carbons (Fsp3) is 0.550. The van der Waals surface area contributed by atoms with Gasteiger partial charge in [-0.2, -0.15) is 0 Å². The zero-order valence-electron chi connectivity index (χ0n) is 16.3. The van der Waals surface area contributed by atoms with Gasteiger partial charge in [0, 0.05) is 18.6 Å². The van der Waals surface area contributed by atoms with Crippen molar-refractivity contribution in [2.24, 2.45) is 0 Å². The number of allylic oxidation sites excluding steroid dienone is 1. The molecule has 1 rings (SSSR count). The van der Waals surface area contributed by atoms with E-state index in [-0.39, 0.29) is 11.1 Å². The number of ether oxygens (including phenoxy) is 1. The van der Waals surface area contributed by atoms with Gasteiger partial charge in [-0.15, -0.1) is 0 Å². The van der Waals surface area contributed by atoms with Gasteiger partial charge in [-0.1, -0.05) is 64.2 Å². The molecule has 0 N–H and O–H groups in total. The maximum atomic E-state index is 12.0. The molecular formula is C20H33NO2Si. The zero-order chi connectivity index (χ0) is 18.4. The predicted molar refractivity (Wildman–Crippen MR) is 105 cm³/mol. The number of nitrogens with zero attached hydrogens (tertiary/aromatic N) is 1. The molecule has 3 nitrogen and oxygen atoms in total. The molecule has 0 bridgehead atoms. The Kier molecular flexibility index (Phi) is 7.27. The molecule has 0 saturated carbocycles. The monoisotopic (exact) mass is 347 g/mol. The lowest BCUT2D eigenvalue weighted by Gasteiger charge is -2.42. The van der Waals surface area contributed by atoms with Crippen molar-refractivity contribution in [3.8, 4) is 0 Å². The van der Waals surface area contributed by atoms with Gasteiger partial charge < -0.3 is 9.64 Å². The van der Waals surface area contributed by atoms with Crippen LogP contribution < -0.4 is 0 Å². The normalized spacial score (nSPS) is 13.8. The highest BCUT2D eigenvalue weighted by molar-refractivity contribution is 6.81. The first kappa shape index (κ1) is 20.5. The molecule has 0 fully saturated rings. The van der Waals surface area contributed by atoms with Crippen molar-refractivity contribution in [3.05, 3.63) is 48.2 Å². The Morgan fingerprint density at radius 3 is 2.17 bits per heavy atom. The standard InChI is InChI=1S/C20H33NO2Si/c1-8-21(9-2)19(22)23-16-15-18(17-13-11-10-12-14-17)24(6,7)20(3,4)5/h10-16,18H,8-9H2,1-7H3/b16-15+. The first-order valence-corrected chi connectivity index (χ1v) is 11.9. The van der Waals surface area contributed by atoms with E-state index in [2.05, 4.69) is 64.2 Å². The number of rotatable bonds is 6. The Morgan fingerprint density at radius 2 is 1.71 bits per heavy atom. The highest BCUT2D eigenvalue weighted by atomic mass is 28.3. The molecule has 0 aliphatic heterocycles. The highest BCUT2D eigenvalue weighted by Crippen LogP contribution is 2.45. The van der Waals surface area contributed by atoms with Gasteiger partial charge >= 0.3 is 6.09 Å². The molecule has 0 saturated heterocycles. The van der Waals surface area contributed by atoms with Crippen molar-refractivity contribution < 1.29 is 9.53 Å². The topological polar surface area (TPSA) is 29.5 Å². The van der Waals surface area contributed by atoms with E-state index in [9.17, 15) is 4.79 Å². The van der Waals surface area contributed by atoms with E-state index in [4.69, 9.17) is 4.74 Å². The summed E-state index contributed by atoms with van der Waals surface area (Å²) in [4.78, 5) is 13.7. The van der Waals surface area contributed by atoms with Crippen LogP contribution >= 0.6 is 0 Å². The van der Waals surface area contributed by atoms with Crippen LogP contribution in [-0.4, -0.2) is 32.2 Å². The molecule has 0 heterocycles. The summed E-state index contributed by atoms with van der Waals surface area (Å²) in [5, 5.41) is 0.237. The minimum absolute atomic E-state index is 0.237. The quantitative estimate of drug-likeness (QED) is 0.480. The van der Waals surface area contributed by atoms with Crippen LogP contribution in [0.2, 0.25) is 18.1 Å². The van der Waals surface area contributed by atoms with Crippen molar-refractivity contribution in [1.82, 2.24) is 4.90 Å². The Labute approximate surface area is 148 Å². The van der Waals surface area contributed by atoms with Crippen LogP contribution in [0, 0.1) is 0 Å². The second-order valence-corrected chi connectivity index (χ2v) is 13.3. The summed E-state index contributed by atoms with van der Waals surface area (Å²) in [5.74, 6) is 0. The van der Waals surface area contributed by atoms with E-state index in [0.717, 1.165) is 0 Å². The van der Waals surface area contributed by atoms with Crippen molar-refractivity contribution in [2.75, 3.05) is 13.1 Å². The molecule has 1 aromatic carbocycles. The Morgan fingerprint density at radius 1 is 1.17 bits per heavy atom. The maximum absolute atomic E-state index is 12.0. The summed E-state index contributed by atoms with van der Waals surface area (Å²) in [7, 11) is -1.68. The summed E-state index contributed by atoms with van der Waals surface area (Å²) >= 11 is 0. The Hall–Kier alpha value is -1.55. The maximum Gasteiger partial charge on any atom is 0.414 e. The SMILES string of the molecule is CCN(CC)C(=O)O/C=C/C(c1ccccc1)[Si](C)(C)C(C)(C)C. The van der Waals surface area contributed by atoms with Gasteiger partial charge in [-0.05, 0) is 30.5 Å². The summed E-state index contributed by atoms with van der Waals surface area (Å²) < 4.78 is 5.37. The molecule has 0 aliphatic rings. The lowest BCUT2D eigenvalue weighted by molar-refractivity contribution is 0.141. The van der Waals surface area contributed by atoms with Gasteiger partial charge in [0.05, 0.1) is 14.3 Å². The third-order valence-electron chi connectivity index (χ3n) is 5.33. The molecule has 1 unspecified atom stereocenters. The first-order valence-electron chi connectivity index (χ1n) is 8.82. The molecule has 1 amide bonds. The van der Waals surface area contributed by atoms with E-state index in [1.165, 1.54) is 5.56 Å². The average Bonchev–Trinajstić information content (AvgIpc) is 2.52. The van der Waals surface area contributed by atoms with Crippen LogP contribution in [-0.2, 0) is 4.74 Å². The molecule has 4 heteroatoms. The van der Waals surface area contributed by atoms with Gasteiger partial charge in [0.2, 0.25) is 0 Å². The van der Waals surface area contributed by atoms with Crippen LogP contribution in [0.15, 0.2) is 42.7 Å². The number of hydrogen-bond acceptors (Lipinski definition) is 2. The third kappa shape index (κ3) is 4.97. The second kappa shape index (κ2) is 8.52. The van der Waals surface area contributed by atoms with Gasteiger partial charge in [-0.3, -0.25) is 0 Å². The van der Waals surface area contributed by atoms with Crippen molar-refractivity contribution in [2.45, 2.75) is 58.3 Å². The fourth-order valence-corrected chi connectivity index (χ4v) is 5.15. The van der Waals surface area contributed by atoms with Gasteiger partial charge in [0.25, 0.3) is 0 Å². The third-order valence-corrected chi connectivity index (χ3v) is 11.3. The second-order valence-electron chi connectivity index (χ2n) is 7.74. The van der Waals surface area contributed by atoms with Crippen LogP contribution in [0.3, 0.4) is 0 Å². The molecule has 0 spiro atoms. The Balaban J connectivity index is 3.04. The number of benzene rings is 1. The molecule has 24 heavy (non-hydrogen) atoms. The summed E-state index contributed by atoms with van der Waals surface area (Å²) in [5.41, 5.74) is 1.59. The molecule has 1 atom stereocenters. The molecule has 0 aromatic heterocycles. The lowest BCUT2D eigenvalue weighted by atomic mass is 10.1.